The highest BCUT2D eigenvalue weighted by atomic mass is 16.6. The molecule has 3 aromatic rings. The van der Waals surface area contributed by atoms with Gasteiger partial charge in [-0.1, -0.05) is 24.3 Å². The zero-order chi connectivity index (χ0) is 20.2. The molecule has 0 saturated heterocycles. The standard InChI is InChI=1S/C23H22N2O4/c1-2-28-21(26)14-29-16-8-5-7-15(13-16)24-23(27)22-17-9-3-4-11-19(17)25-20-12-6-10-18(20)22/h3-5,7-9,11,13H,2,6,10,12,14H2,1H3,(H,24,27). The van der Waals surface area contributed by atoms with Gasteiger partial charge in [0.15, 0.2) is 6.61 Å². The average molecular weight is 390 g/mol. The molecule has 0 bridgehead atoms. The van der Waals surface area contributed by atoms with Crippen LogP contribution in [0.25, 0.3) is 10.9 Å². The first-order valence-electron chi connectivity index (χ1n) is 9.76. The van der Waals surface area contributed by atoms with Crippen LogP contribution >= 0.6 is 0 Å². The number of esters is 1. The lowest BCUT2D eigenvalue weighted by Gasteiger charge is -2.13. The molecule has 1 aromatic heterocycles. The average Bonchev–Trinajstić information content (AvgIpc) is 3.19. The number of rotatable bonds is 6. The van der Waals surface area contributed by atoms with Gasteiger partial charge < -0.3 is 14.8 Å². The number of carbonyl (C=O) groups excluding carboxylic acids is 2. The van der Waals surface area contributed by atoms with Gasteiger partial charge in [0.05, 0.1) is 17.7 Å². The summed E-state index contributed by atoms with van der Waals surface area (Å²) in [4.78, 5) is 29.4. The van der Waals surface area contributed by atoms with Crippen molar-refractivity contribution in [3.8, 4) is 5.75 Å². The first kappa shape index (κ1) is 18.9. The molecule has 6 nitrogen and oxygen atoms in total. The van der Waals surface area contributed by atoms with E-state index in [0.29, 0.717) is 23.6 Å². The van der Waals surface area contributed by atoms with Crippen molar-refractivity contribution in [3.05, 3.63) is 65.4 Å². The number of hydrogen-bond acceptors (Lipinski definition) is 5. The van der Waals surface area contributed by atoms with Gasteiger partial charge in [-0.05, 0) is 49.9 Å². The van der Waals surface area contributed by atoms with E-state index >= 15 is 0 Å². The van der Waals surface area contributed by atoms with Gasteiger partial charge in [-0.15, -0.1) is 0 Å². The first-order valence-corrected chi connectivity index (χ1v) is 9.76. The van der Waals surface area contributed by atoms with Crippen LogP contribution < -0.4 is 10.1 Å². The van der Waals surface area contributed by atoms with Gasteiger partial charge in [-0.2, -0.15) is 0 Å². The van der Waals surface area contributed by atoms with Gasteiger partial charge >= 0.3 is 5.97 Å². The fourth-order valence-corrected chi connectivity index (χ4v) is 3.67. The van der Waals surface area contributed by atoms with Gasteiger partial charge in [0.2, 0.25) is 0 Å². The second-order valence-electron chi connectivity index (χ2n) is 6.86. The van der Waals surface area contributed by atoms with Gasteiger partial charge in [0, 0.05) is 22.8 Å². The molecule has 1 aliphatic rings. The lowest BCUT2D eigenvalue weighted by atomic mass is 10.0. The molecule has 148 valence electrons. The van der Waals surface area contributed by atoms with E-state index in [0.717, 1.165) is 41.4 Å². The Kier molecular flexibility index (Phi) is 5.42. The Balaban J connectivity index is 1.58. The predicted octanol–water partition coefficient (Wildman–Crippen LogP) is 3.92. The Morgan fingerprint density at radius 2 is 1.97 bits per heavy atom. The highest BCUT2D eigenvalue weighted by Crippen LogP contribution is 2.30. The van der Waals surface area contributed by atoms with E-state index in [9.17, 15) is 9.59 Å². The molecule has 1 amide bonds. The molecular weight excluding hydrogens is 368 g/mol. The topological polar surface area (TPSA) is 77.5 Å². The normalized spacial score (nSPS) is 12.4. The monoisotopic (exact) mass is 390 g/mol. The zero-order valence-corrected chi connectivity index (χ0v) is 16.2. The van der Waals surface area contributed by atoms with E-state index in [2.05, 4.69) is 5.32 Å². The van der Waals surface area contributed by atoms with Crippen LogP contribution in [0.15, 0.2) is 48.5 Å². The number of fused-ring (bicyclic) bond motifs is 2. The minimum Gasteiger partial charge on any atom is -0.482 e. The molecule has 0 fully saturated rings. The van der Waals surface area contributed by atoms with E-state index in [-0.39, 0.29) is 12.5 Å². The van der Waals surface area contributed by atoms with Crippen molar-refractivity contribution in [3.63, 3.8) is 0 Å². The number of amides is 1. The van der Waals surface area contributed by atoms with Crippen molar-refractivity contribution in [2.45, 2.75) is 26.2 Å². The summed E-state index contributed by atoms with van der Waals surface area (Å²) in [5.74, 6) is -0.106. The maximum Gasteiger partial charge on any atom is 0.344 e. The fourth-order valence-electron chi connectivity index (χ4n) is 3.67. The molecule has 0 atom stereocenters. The lowest BCUT2D eigenvalue weighted by Crippen LogP contribution is -2.16. The van der Waals surface area contributed by atoms with Crippen LogP contribution in [-0.2, 0) is 22.4 Å². The molecule has 0 aliphatic heterocycles. The molecule has 6 heteroatoms. The molecule has 2 aromatic carbocycles. The van der Waals surface area contributed by atoms with Crippen LogP contribution in [0.1, 0.15) is 35.0 Å². The number of pyridine rings is 1. The van der Waals surface area contributed by atoms with Crippen molar-refractivity contribution in [1.82, 2.24) is 4.98 Å². The number of aromatic nitrogens is 1. The second kappa shape index (κ2) is 8.31. The van der Waals surface area contributed by atoms with Crippen LogP contribution in [0.2, 0.25) is 0 Å². The van der Waals surface area contributed by atoms with Crippen molar-refractivity contribution in [2.75, 3.05) is 18.5 Å². The predicted molar refractivity (Wildman–Crippen MR) is 110 cm³/mol. The van der Waals surface area contributed by atoms with E-state index in [1.54, 1.807) is 31.2 Å². The Morgan fingerprint density at radius 1 is 1.10 bits per heavy atom. The van der Waals surface area contributed by atoms with Gasteiger partial charge in [-0.25, -0.2) is 4.79 Å². The summed E-state index contributed by atoms with van der Waals surface area (Å²) in [5, 5.41) is 3.83. The van der Waals surface area contributed by atoms with Crippen LogP contribution in [0.5, 0.6) is 5.75 Å². The number of aryl methyl sites for hydroxylation is 1. The van der Waals surface area contributed by atoms with E-state index in [1.807, 2.05) is 24.3 Å². The third-order valence-electron chi connectivity index (χ3n) is 4.90. The number of hydrogen-bond donors (Lipinski definition) is 1. The summed E-state index contributed by atoms with van der Waals surface area (Å²) in [7, 11) is 0. The van der Waals surface area contributed by atoms with Gasteiger partial charge in [0.25, 0.3) is 5.91 Å². The number of carbonyl (C=O) groups is 2. The van der Waals surface area contributed by atoms with Crippen molar-refractivity contribution >= 4 is 28.5 Å². The SMILES string of the molecule is CCOC(=O)COc1cccc(NC(=O)c2c3c(nc4ccccc24)CCC3)c1. The van der Waals surface area contributed by atoms with Crippen LogP contribution in [0.4, 0.5) is 5.69 Å². The third kappa shape index (κ3) is 4.06. The smallest absolute Gasteiger partial charge is 0.344 e. The largest absolute Gasteiger partial charge is 0.482 e. The van der Waals surface area contributed by atoms with Crippen molar-refractivity contribution in [2.24, 2.45) is 0 Å². The maximum absolute atomic E-state index is 13.2. The van der Waals surface area contributed by atoms with Crippen LogP contribution in [-0.4, -0.2) is 30.1 Å². The lowest BCUT2D eigenvalue weighted by molar-refractivity contribution is -0.145. The van der Waals surface area contributed by atoms with Crippen molar-refractivity contribution in [1.29, 1.82) is 0 Å². The Labute approximate surface area is 168 Å². The number of para-hydroxylation sites is 1. The summed E-state index contributed by atoms with van der Waals surface area (Å²) >= 11 is 0. The third-order valence-corrected chi connectivity index (χ3v) is 4.90. The summed E-state index contributed by atoms with van der Waals surface area (Å²) in [6.45, 7) is 1.88. The molecular formula is C23H22N2O4. The highest BCUT2D eigenvalue weighted by Gasteiger charge is 2.23. The molecule has 1 N–H and O–H groups in total. The number of nitrogens with one attached hydrogen (secondary N) is 1. The minimum absolute atomic E-state index is 0.163. The molecule has 4 rings (SSSR count). The Hall–Kier alpha value is -3.41. The fraction of sp³-hybridized carbons (Fsp3) is 0.261. The Morgan fingerprint density at radius 3 is 2.83 bits per heavy atom. The quantitative estimate of drug-likeness (QED) is 0.646. The van der Waals surface area contributed by atoms with Crippen molar-refractivity contribution < 1.29 is 19.1 Å². The van der Waals surface area contributed by atoms with Gasteiger partial charge in [0.1, 0.15) is 5.75 Å². The molecule has 0 spiro atoms. The number of nitrogens with zero attached hydrogens (tertiary/aromatic N) is 1. The van der Waals surface area contributed by atoms with E-state index < -0.39 is 5.97 Å². The molecule has 0 unspecified atom stereocenters. The summed E-state index contributed by atoms with van der Waals surface area (Å²) in [6, 6.07) is 14.7. The zero-order valence-electron chi connectivity index (χ0n) is 16.2. The van der Waals surface area contributed by atoms with Crippen LogP contribution in [0, 0.1) is 0 Å². The maximum atomic E-state index is 13.2. The second-order valence-corrected chi connectivity index (χ2v) is 6.86. The molecule has 0 radical (unpaired) electrons. The summed E-state index contributed by atoms with van der Waals surface area (Å²) in [6.07, 6.45) is 2.77. The first-order chi connectivity index (χ1) is 14.2. The Bertz CT molecular complexity index is 1080. The van der Waals surface area contributed by atoms with E-state index in [1.165, 1.54) is 0 Å². The number of anilines is 1. The summed E-state index contributed by atoms with van der Waals surface area (Å²) in [5.41, 5.74) is 4.19. The minimum atomic E-state index is -0.430. The van der Waals surface area contributed by atoms with Crippen LogP contribution in [0.3, 0.4) is 0 Å². The molecule has 0 saturated carbocycles. The number of ether oxygens (including phenoxy) is 2. The summed E-state index contributed by atoms with van der Waals surface area (Å²) < 4.78 is 10.3. The highest BCUT2D eigenvalue weighted by molar-refractivity contribution is 6.13. The molecule has 1 heterocycles. The van der Waals surface area contributed by atoms with E-state index in [4.69, 9.17) is 14.5 Å². The van der Waals surface area contributed by atoms with Gasteiger partial charge in [-0.3, -0.25) is 9.78 Å². The molecule has 1 aliphatic carbocycles. The number of benzene rings is 2. The molecule has 29 heavy (non-hydrogen) atoms.